The van der Waals surface area contributed by atoms with Gasteiger partial charge in [-0.05, 0) is 45.2 Å². The van der Waals surface area contributed by atoms with Crippen LogP contribution in [-0.4, -0.2) is 48.8 Å². The van der Waals surface area contributed by atoms with Crippen LogP contribution in [0.3, 0.4) is 0 Å². The number of hydrogen-bond acceptors (Lipinski definition) is 5. The average molecular weight is 331 g/mol. The Balaban J connectivity index is 0. The van der Waals surface area contributed by atoms with Gasteiger partial charge >= 0.3 is 0 Å². The Bertz CT molecular complexity index is 386. The molecule has 0 bridgehead atoms. The first-order chi connectivity index (χ1) is 8.39. The normalized spacial score (nSPS) is 10.9. The molecular weight excluding hydrogens is 310 g/mol. The van der Waals surface area contributed by atoms with Crippen molar-refractivity contribution >= 4 is 44.8 Å². The highest BCUT2D eigenvalue weighted by Crippen LogP contribution is 2.01. The van der Waals surface area contributed by atoms with E-state index in [2.05, 4.69) is 32.7 Å². The summed E-state index contributed by atoms with van der Waals surface area (Å²) in [6.07, 6.45) is 0. The smallest absolute Gasteiger partial charge is 0.256 e. The number of hydrogen-bond donors (Lipinski definition) is 4. The van der Waals surface area contributed by atoms with Crippen molar-refractivity contribution in [2.24, 2.45) is 5.73 Å². The fourth-order valence-electron chi connectivity index (χ4n) is 0.877. The fraction of sp³-hybridized carbons (Fsp3) is 0.778. The predicted octanol–water partition coefficient (Wildman–Crippen LogP) is 0.0132. The number of thiocarbonyl (C=S) groups is 2. The lowest BCUT2D eigenvalue weighted by molar-refractivity contribution is 0.394. The Morgan fingerprint density at radius 1 is 1.37 bits per heavy atom. The number of aliphatic hydroxyl groups is 1. The van der Waals surface area contributed by atoms with Crippen molar-refractivity contribution in [3.8, 4) is 0 Å². The number of nitrogens with two attached hydrogens (primary N) is 1. The average Bonchev–Trinajstić information content (AvgIpc) is 2.12. The zero-order valence-corrected chi connectivity index (χ0v) is 13.8. The first-order valence-electron chi connectivity index (χ1n) is 5.21. The van der Waals surface area contributed by atoms with Crippen LogP contribution in [0, 0.1) is 0 Å². The van der Waals surface area contributed by atoms with Gasteiger partial charge in [-0.25, -0.2) is 13.1 Å². The van der Waals surface area contributed by atoms with Gasteiger partial charge in [0.05, 0.1) is 12.9 Å². The van der Waals surface area contributed by atoms with Gasteiger partial charge in [0, 0.05) is 12.1 Å². The molecule has 5 N–H and O–H groups in total. The number of ether oxygens (including phenoxy) is 1. The number of sulfonamides is 1. The first kappa shape index (κ1) is 20.6. The molecule has 0 aliphatic rings. The van der Waals surface area contributed by atoms with Crippen molar-refractivity contribution in [1.82, 2.24) is 10.0 Å². The third kappa shape index (κ3) is 19.8. The molecule has 0 heterocycles. The molecule has 0 unspecified atom stereocenters. The molecule has 0 spiro atoms. The maximum absolute atomic E-state index is 11.5. The van der Waals surface area contributed by atoms with Crippen LogP contribution in [0.15, 0.2) is 0 Å². The maximum Gasteiger partial charge on any atom is 0.256 e. The van der Waals surface area contributed by atoms with Crippen molar-refractivity contribution in [1.29, 1.82) is 0 Å². The molecule has 0 amide bonds. The van der Waals surface area contributed by atoms with Crippen LogP contribution in [0.5, 0.6) is 0 Å². The fourth-order valence-corrected chi connectivity index (χ4v) is 2.39. The minimum atomic E-state index is -3.27. The largest absolute Gasteiger partial charge is 0.487 e. The molecule has 10 heteroatoms. The molecule has 0 fully saturated rings. The number of rotatable bonds is 4. The van der Waals surface area contributed by atoms with Gasteiger partial charge in [-0.3, -0.25) is 0 Å². The summed E-state index contributed by atoms with van der Waals surface area (Å²) in [4.78, 5) is 0. The molecule has 0 aromatic carbocycles. The Morgan fingerprint density at radius 3 is 2.11 bits per heavy atom. The number of aliphatic hydroxyl groups excluding tert-OH is 1. The highest BCUT2D eigenvalue weighted by atomic mass is 32.2. The second kappa shape index (κ2) is 9.23. The van der Waals surface area contributed by atoms with Crippen molar-refractivity contribution in [2.45, 2.75) is 26.3 Å². The van der Waals surface area contributed by atoms with Crippen molar-refractivity contribution in [3.63, 3.8) is 0 Å². The van der Waals surface area contributed by atoms with Crippen LogP contribution in [0.2, 0.25) is 0 Å². The predicted molar refractivity (Wildman–Crippen MR) is 83.7 cm³/mol. The van der Waals surface area contributed by atoms with Crippen LogP contribution in [0.1, 0.15) is 20.8 Å². The van der Waals surface area contributed by atoms with Gasteiger partial charge in [0.15, 0.2) is 0 Å². The van der Waals surface area contributed by atoms with E-state index in [1.54, 1.807) is 20.8 Å². The zero-order valence-electron chi connectivity index (χ0n) is 11.4. The van der Waals surface area contributed by atoms with E-state index in [1.165, 1.54) is 7.11 Å². The zero-order chi connectivity index (χ0) is 15.7. The molecule has 0 aliphatic heterocycles. The van der Waals surface area contributed by atoms with E-state index >= 15 is 0 Å². The van der Waals surface area contributed by atoms with E-state index in [0.29, 0.717) is 0 Å². The maximum atomic E-state index is 11.5. The summed E-state index contributed by atoms with van der Waals surface area (Å²) in [7, 11) is -1.84. The van der Waals surface area contributed by atoms with E-state index in [4.69, 9.17) is 17.3 Å². The molecule has 0 aromatic rings. The SMILES string of the molecule is COC(=S)NCCS(=O)(=O)NC(C)(C)C.NC(O)=S. The summed E-state index contributed by atoms with van der Waals surface area (Å²) in [5.74, 6) is -0.0340. The minimum absolute atomic E-state index is 0.0340. The van der Waals surface area contributed by atoms with Crippen LogP contribution < -0.4 is 15.8 Å². The molecule has 114 valence electrons. The summed E-state index contributed by atoms with van der Waals surface area (Å²) < 4.78 is 30.2. The summed E-state index contributed by atoms with van der Waals surface area (Å²) in [5, 5.41) is 9.92. The van der Waals surface area contributed by atoms with Gasteiger partial charge < -0.3 is 20.9 Å². The van der Waals surface area contributed by atoms with Crippen LogP contribution in [0.4, 0.5) is 0 Å². The van der Waals surface area contributed by atoms with Crippen LogP contribution in [-0.2, 0) is 14.8 Å². The lowest BCUT2D eigenvalue weighted by atomic mass is 10.1. The summed E-state index contributed by atoms with van der Waals surface area (Å²) in [5.41, 5.74) is 3.94. The summed E-state index contributed by atoms with van der Waals surface area (Å²) in [6, 6.07) is 0. The molecular formula is C9H21N3O4S3. The molecule has 0 aromatic heterocycles. The second-order valence-electron chi connectivity index (χ2n) is 4.43. The van der Waals surface area contributed by atoms with E-state index in [9.17, 15) is 8.42 Å². The molecule has 7 nitrogen and oxygen atoms in total. The minimum Gasteiger partial charge on any atom is -0.487 e. The molecule has 0 aliphatic carbocycles. The van der Waals surface area contributed by atoms with Crippen molar-refractivity contribution in [3.05, 3.63) is 0 Å². The Kier molecular flexibility index (Phi) is 10.0. The van der Waals surface area contributed by atoms with E-state index in [-0.39, 0.29) is 17.5 Å². The molecule has 0 radical (unpaired) electrons. The highest BCUT2D eigenvalue weighted by Gasteiger charge is 2.19. The van der Waals surface area contributed by atoms with Crippen molar-refractivity contribution < 1.29 is 18.3 Å². The number of nitrogens with one attached hydrogen (secondary N) is 2. The molecule has 0 atom stereocenters. The van der Waals surface area contributed by atoms with Gasteiger partial charge in [0.2, 0.25) is 10.0 Å². The molecule has 0 saturated heterocycles. The first-order valence-corrected chi connectivity index (χ1v) is 7.68. The van der Waals surface area contributed by atoms with Gasteiger partial charge in [0.1, 0.15) is 0 Å². The van der Waals surface area contributed by atoms with E-state index in [1.807, 2.05) is 0 Å². The van der Waals surface area contributed by atoms with Gasteiger partial charge in [0.25, 0.3) is 10.3 Å². The van der Waals surface area contributed by atoms with E-state index in [0.717, 1.165) is 0 Å². The quantitative estimate of drug-likeness (QED) is 0.533. The summed E-state index contributed by atoms with van der Waals surface area (Å²) >= 11 is 8.58. The Labute approximate surface area is 124 Å². The van der Waals surface area contributed by atoms with Crippen LogP contribution in [0.25, 0.3) is 0 Å². The molecule has 19 heavy (non-hydrogen) atoms. The van der Waals surface area contributed by atoms with Gasteiger partial charge in [-0.2, -0.15) is 0 Å². The lowest BCUT2D eigenvalue weighted by Gasteiger charge is -2.20. The van der Waals surface area contributed by atoms with E-state index < -0.39 is 20.7 Å². The standard InChI is InChI=1S/C8H18N2O3S2.CH3NOS/c1-8(2,3)10-15(11,12)6-5-9-7(14)13-4;2-1(3)4/h10H,5-6H2,1-4H3,(H,9,14);(H3,2,3,4). The number of methoxy groups -OCH3 is 1. The van der Waals surface area contributed by atoms with Crippen molar-refractivity contribution in [2.75, 3.05) is 19.4 Å². The van der Waals surface area contributed by atoms with Gasteiger partial charge in [-0.1, -0.05) is 0 Å². The van der Waals surface area contributed by atoms with Crippen LogP contribution >= 0.6 is 24.4 Å². The Morgan fingerprint density at radius 2 is 1.79 bits per heavy atom. The topological polar surface area (TPSA) is 114 Å². The third-order valence-corrected chi connectivity index (χ3v) is 3.26. The second-order valence-corrected chi connectivity index (χ2v) is 7.06. The lowest BCUT2D eigenvalue weighted by Crippen LogP contribution is -2.43. The third-order valence-electron chi connectivity index (χ3n) is 1.29. The molecule has 0 saturated carbocycles. The Hall–Kier alpha value is -0.710. The highest BCUT2D eigenvalue weighted by molar-refractivity contribution is 7.89. The monoisotopic (exact) mass is 331 g/mol. The van der Waals surface area contributed by atoms with Gasteiger partial charge in [-0.15, -0.1) is 0 Å². The summed E-state index contributed by atoms with van der Waals surface area (Å²) in [6.45, 7) is 5.60. The molecule has 0 rings (SSSR count).